The minimum atomic E-state index is -0.471. The molecular weight excluding hydrogens is 330 g/mol. The zero-order chi connectivity index (χ0) is 18.6. The molecule has 26 heavy (non-hydrogen) atoms. The number of nitrogens with one attached hydrogen (secondary N) is 1. The van der Waals surface area contributed by atoms with Crippen LogP contribution < -0.4 is 10.1 Å². The lowest BCUT2D eigenvalue weighted by Crippen LogP contribution is -2.25. The third-order valence-corrected chi connectivity index (χ3v) is 3.79. The Bertz CT molecular complexity index is 641. The highest BCUT2D eigenvalue weighted by atomic mass is 16.5. The number of aliphatic hydroxyl groups is 1. The molecule has 140 valence electrons. The average molecular weight is 357 g/mol. The van der Waals surface area contributed by atoms with Crippen LogP contribution in [0.1, 0.15) is 30.9 Å². The first kappa shape index (κ1) is 19.8. The number of unbranched alkanes of at least 4 members (excludes halogenated alkanes) is 1. The Labute approximate surface area is 155 Å². The quantitative estimate of drug-likeness (QED) is 0.636. The summed E-state index contributed by atoms with van der Waals surface area (Å²) >= 11 is 0. The topological polar surface area (TPSA) is 67.8 Å². The molecule has 0 saturated heterocycles. The lowest BCUT2D eigenvalue weighted by Gasteiger charge is -2.09. The Morgan fingerprint density at radius 2 is 1.77 bits per heavy atom. The van der Waals surface area contributed by atoms with Crippen molar-refractivity contribution in [2.24, 2.45) is 0 Å². The number of hydrogen-bond acceptors (Lipinski definition) is 4. The molecule has 0 aromatic heterocycles. The van der Waals surface area contributed by atoms with Gasteiger partial charge in [0, 0.05) is 6.54 Å². The molecule has 0 aliphatic rings. The van der Waals surface area contributed by atoms with Gasteiger partial charge in [-0.2, -0.15) is 0 Å². The Morgan fingerprint density at radius 3 is 2.46 bits per heavy atom. The normalized spacial score (nSPS) is 11.6. The summed E-state index contributed by atoms with van der Waals surface area (Å²) in [7, 11) is 0. The Kier molecular flexibility index (Phi) is 8.49. The molecule has 5 nitrogen and oxygen atoms in total. The van der Waals surface area contributed by atoms with Crippen LogP contribution in [0.4, 0.5) is 4.79 Å². The van der Waals surface area contributed by atoms with E-state index in [2.05, 4.69) is 5.32 Å². The number of carbonyl (C=O) groups is 1. The fraction of sp³-hybridized carbons (Fsp3) is 0.381. The second-order valence-electron chi connectivity index (χ2n) is 6.25. The number of rotatable bonds is 10. The molecule has 0 aliphatic heterocycles. The van der Waals surface area contributed by atoms with E-state index in [1.165, 1.54) is 5.56 Å². The van der Waals surface area contributed by atoms with Crippen molar-refractivity contribution in [3.8, 4) is 5.75 Å². The first-order chi connectivity index (χ1) is 12.6. The molecule has 0 saturated carbocycles. The number of amides is 1. The maximum atomic E-state index is 11.6. The van der Waals surface area contributed by atoms with Gasteiger partial charge < -0.3 is 19.9 Å². The number of hydrogen-bond donors (Lipinski definition) is 2. The number of aliphatic hydroxyl groups excluding tert-OH is 1. The van der Waals surface area contributed by atoms with Crippen LogP contribution in [0.2, 0.25) is 0 Å². The molecule has 1 unspecified atom stereocenters. The Balaban J connectivity index is 1.55. The molecule has 0 spiro atoms. The number of carbonyl (C=O) groups excluding carboxylic acids is 1. The number of aryl methyl sites for hydroxylation is 1. The summed E-state index contributed by atoms with van der Waals surface area (Å²) in [6, 6.07) is 17.5. The number of benzene rings is 2. The van der Waals surface area contributed by atoms with Gasteiger partial charge in [0.25, 0.3) is 0 Å². The van der Waals surface area contributed by atoms with Crippen LogP contribution in [-0.4, -0.2) is 30.5 Å². The average Bonchev–Trinajstić information content (AvgIpc) is 2.66. The van der Waals surface area contributed by atoms with Crippen molar-refractivity contribution in [1.29, 1.82) is 0 Å². The van der Waals surface area contributed by atoms with E-state index < -0.39 is 6.10 Å². The molecule has 0 radical (unpaired) electrons. The van der Waals surface area contributed by atoms with Crippen LogP contribution >= 0.6 is 0 Å². The van der Waals surface area contributed by atoms with Gasteiger partial charge in [0.2, 0.25) is 0 Å². The van der Waals surface area contributed by atoms with E-state index in [0.717, 1.165) is 30.6 Å². The second kappa shape index (κ2) is 11.2. The lowest BCUT2D eigenvalue weighted by molar-refractivity contribution is 0.122. The molecule has 2 rings (SSSR count). The van der Waals surface area contributed by atoms with Crippen LogP contribution in [-0.2, 0) is 17.8 Å². The number of ether oxygens (including phenoxy) is 2. The standard InChI is InChI=1S/C21H27NO4/c1-17(23)15-25-20-12-10-18(11-13-20)7-5-6-14-22-21(24)26-16-19-8-3-2-4-9-19/h2-4,8-13,17,23H,5-7,14-16H2,1H3,(H,22,24). The number of alkyl carbamates (subject to hydrolysis) is 1. The predicted octanol–water partition coefficient (Wildman–Crippen LogP) is 3.70. The summed E-state index contributed by atoms with van der Waals surface area (Å²) in [5.74, 6) is 0.762. The second-order valence-corrected chi connectivity index (χ2v) is 6.25. The van der Waals surface area contributed by atoms with Gasteiger partial charge >= 0.3 is 6.09 Å². The van der Waals surface area contributed by atoms with Gasteiger partial charge in [-0.05, 0) is 49.4 Å². The summed E-state index contributed by atoms with van der Waals surface area (Å²) in [6.45, 7) is 2.88. The fourth-order valence-corrected chi connectivity index (χ4v) is 2.39. The molecule has 0 fully saturated rings. The Hall–Kier alpha value is -2.53. The third kappa shape index (κ3) is 8.03. The molecular formula is C21H27NO4. The van der Waals surface area contributed by atoms with E-state index >= 15 is 0 Å². The van der Waals surface area contributed by atoms with Gasteiger partial charge in [-0.15, -0.1) is 0 Å². The first-order valence-corrected chi connectivity index (χ1v) is 8.98. The van der Waals surface area contributed by atoms with Crippen molar-refractivity contribution in [3.63, 3.8) is 0 Å². The van der Waals surface area contributed by atoms with Gasteiger partial charge in [-0.3, -0.25) is 0 Å². The van der Waals surface area contributed by atoms with Gasteiger partial charge in [0.15, 0.2) is 0 Å². The molecule has 2 aromatic rings. The molecule has 1 atom stereocenters. The minimum Gasteiger partial charge on any atom is -0.491 e. The minimum absolute atomic E-state index is 0.288. The highest BCUT2D eigenvalue weighted by molar-refractivity contribution is 5.67. The summed E-state index contributed by atoms with van der Waals surface area (Å²) < 4.78 is 10.6. The maximum Gasteiger partial charge on any atom is 0.407 e. The molecule has 0 bridgehead atoms. The molecule has 1 amide bonds. The molecule has 5 heteroatoms. The third-order valence-electron chi connectivity index (χ3n) is 3.79. The highest BCUT2D eigenvalue weighted by Gasteiger charge is 2.02. The van der Waals surface area contributed by atoms with Crippen LogP contribution in [0, 0.1) is 0 Å². The van der Waals surface area contributed by atoms with Gasteiger partial charge in [-0.25, -0.2) is 4.79 Å². The Morgan fingerprint density at radius 1 is 1.04 bits per heavy atom. The summed E-state index contributed by atoms with van der Waals surface area (Å²) in [4.78, 5) is 11.6. The summed E-state index contributed by atoms with van der Waals surface area (Å²) in [6.07, 6.45) is 1.96. The molecule has 2 aromatic carbocycles. The zero-order valence-corrected chi connectivity index (χ0v) is 15.2. The van der Waals surface area contributed by atoms with Crippen LogP contribution in [0.25, 0.3) is 0 Å². The lowest BCUT2D eigenvalue weighted by atomic mass is 10.1. The SMILES string of the molecule is CC(O)COc1ccc(CCCCNC(=O)OCc2ccccc2)cc1. The summed E-state index contributed by atoms with van der Waals surface area (Å²) in [5, 5.41) is 12.0. The monoisotopic (exact) mass is 357 g/mol. The van der Waals surface area contributed by atoms with Crippen molar-refractivity contribution < 1.29 is 19.4 Å². The van der Waals surface area contributed by atoms with Crippen LogP contribution in [0.15, 0.2) is 54.6 Å². The molecule has 2 N–H and O–H groups in total. The highest BCUT2D eigenvalue weighted by Crippen LogP contribution is 2.14. The van der Waals surface area contributed by atoms with Crippen LogP contribution in [0.5, 0.6) is 5.75 Å². The largest absolute Gasteiger partial charge is 0.491 e. The van der Waals surface area contributed by atoms with Crippen molar-refractivity contribution in [3.05, 3.63) is 65.7 Å². The van der Waals surface area contributed by atoms with Crippen molar-refractivity contribution in [1.82, 2.24) is 5.32 Å². The van der Waals surface area contributed by atoms with Gasteiger partial charge in [0.1, 0.15) is 19.0 Å². The predicted molar refractivity (Wildman–Crippen MR) is 101 cm³/mol. The van der Waals surface area contributed by atoms with Crippen LogP contribution in [0.3, 0.4) is 0 Å². The zero-order valence-electron chi connectivity index (χ0n) is 15.2. The summed E-state index contributed by atoms with van der Waals surface area (Å²) in [5.41, 5.74) is 2.20. The molecule has 0 heterocycles. The van der Waals surface area contributed by atoms with Gasteiger partial charge in [0.05, 0.1) is 6.10 Å². The maximum absolute atomic E-state index is 11.6. The van der Waals surface area contributed by atoms with E-state index in [0.29, 0.717) is 13.2 Å². The van der Waals surface area contributed by atoms with E-state index in [1.807, 2.05) is 54.6 Å². The van der Waals surface area contributed by atoms with E-state index in [-0.39, 0.29) is 12.7 Å². The van der Waals surface area contributed by atoms with E-state index in [4.69, 9.17) is 9.47 Å². The fourth-order valence-electron chi connectivity index (χ4n) is 2.39. The molecule has 0 aliphatic carbocycles. The van der Waals surface area contributed by atoms with E-state index in [1.54, 1.807) is 6.92 Å². The smallest absolute Gasteiger partial charge is 0.407 e. The van der Waals surface area contributed by atoms with Gasteiger partial charge in [-0.1, -0.05) is 42.5 Å². The van der Waals surface area contributed by atoms with Crippen molar-refractivity contribution >= 4 is 6.09 Å². The van der Waals surface area contributed by atoms with E-state index in [9.17, 15) is 9.90 Å². The first-order valence-electron chi connectivity index (χ1n) is 8.98. The van der Waals surface area contributed by atoms with Crippen molar-refractivity contribution in [2.45, 2.75) is 38.9 Å². The van der Waals surface area contributed by atoms with Crippen molar-refractivity contribution in [2.75, 3.05) is 13.2 Å².